The van der Waals surface area contributed by atoms with Crippen molar-refractivity contribution in [3.8, 4) is 6.07 Å². The van der Waals surface area contributed by atoms with Crippen molar-refractivity contribution in [1.82, 2.24) is 4.90 Å². The summed E-state index contributed by atoms with van der Waals surface area (Å²) < 4.78 is 0. The first-order chi connectivity index (χ1) is 10.1. The number of nitriles is 1. The van der Waals surface area contributed by atoms with Crippen molar-refractivity contribution in [2.24, 2.45) is 5.92 Å². The second kappa shape index (κ2) is 5.38. The smallest absolute Gasteiger partial charge is 0.229 e. The van der Waals surface area contributed by atoms with Gasteiger partial charge in [-0.25, -0.2) is 0 Å². The lowest BCUT2D eigenvalue weighted by atomic mass is 10.1. The van der Waals surface area contributed by atoms with E-state index in [1.165, 1.54) is 0 Å². The molecule has 3 rings (SSSR count). The van der Waals surface area contributed by atoms with Crippen LogP contribution in [0.25, 0.3) is 0 Å². The number of rotatable bonds is 3. The van der Waals surface area contributed by atoms with Crippen molar-refractivity contribution in [1.29, 1.82) is 5.26 Å². The van der Waals surface area contributed by atoms with E-state index in [1.54, 1.807) is 18.2 Å². The van der Waals surface area contributed by atoms with Crippen molar-refractivity contribution >= 4 is 29.1 Å². The number of benzene rings is 1. The highest BCUT2D eigenvalue weighted by Crippen LogP contribution is 2.33. The number of nitrogens with zero attached hydrogens (tertiary/aromatic N) is 2. The van der Waals surface area contributed by atoms with Crippen LogP contribution in [0.15, 0.2) is 18.2 Å². The summed E-state index contributed by atoms with van der Waals surface area (Å²) in [5, 5.41) is 11.9. The van der Waals surface area contributed by atoms with Crippen LogP contribution in [0.4, 0.5) is 5.69 Å². The second-order valence-electron chi connectivity index (χ2n) is 5.47. The molecule has 1 aromatic rings. The first kappa shape index (κ1) is 13.9. The highest BCUT2D eigenvalue weighted by molar-refractivity contribution is 6.32. The van der Waals surface area contributed by atoms with Crippen LogP contribution in [-0.2, 0) is 9.59 Å². The predicted molar refractivity (Wildman–Crippen MR) is 77.6 cm³/mol. The average molecular weight is 304 g/mol. The summed E-state index contributed by atoms with van der Waals surface area (Å²) in [4.78, 5) is 25.9. The third-order valence-electron chi connectivity index (χ3n) is 3.87. The number of likely N-dealkylation sites (tertiary alicyclic amines) is 1. The van der Waals surface area contributed by atoms with Crippen molar-refractivity contribution in [3.05, 3.63) is 28.8 Å². The zero-order valence-corrected chi connectivity index (χ0v) is 12.1. The maximum Gasteiger partial charge on any atom is 0.229 e. The molecule has 5 nitrogen and oxygen atoms in total. The Morgan fingerprint density at radius 3 is 2.81 bits per heavy atom. The van der Waals surface area contributed by atoms with E-state index in [-0.39, 0.29) is 24.2 Å². The third-order valence-corrected chi connectivity index (χ3v) is 4.19. The van der Waals surface area contributed by atoms with Gasteiger partial charge < -0.3 is 10.2 Å². The van der Waals surface area contributed by atoms with Gasteiger partial charge in [0.05, 0.1) is 16.5 Å². The van der Waals surface area contributed by atoms with Gasteiger partial charge in [0.25, 0.3) is 0 Å². The van der Waals surface area contributed by atoms with Gasteiger partial charge in [-0.2, -0.15) is 5.26 Å². The van der Waals surface area contributed by atoms with E-state index in [0.717, 1.165) is 12.8 Å². The quantitative estimate of drug-likeness (QED) is 0.930. The van der Waals surface area contributed by atoms with Gasteiger partial charge in [0.2, 0.25) is 11.8 Å². The van der Waals surface area contributed by atoms with Gasteiger partial charge in [0.1, 0.15) is 6.07 Å². The van der Waals surface area contributed by atoms with Crippen LogP contribution in [0.2, 0.25) is 5.02 Å². The monoisotopic (exact) mass is 303 g/mol. The van der Waals surface area contributed by atoms with Gasteiger partial charge in [-0.1, -0.05) is 11.6 Å². The number of hydrogen-bond acceptors (Lipinski definition) is 3. The molecule has 1 aliphatic carbocycles. The van der Waals surface area contributed by atoms with Crippen molar-refractivity contribution in [2.75, 3.05) is 11.9 Å². The average Bonchev–Trinajstić information content (AvgIpc) is 3.22. The van der Waals surface area contributed by atoms with Gasteiger partial charge in [-0.15, -0.1) is 0 Å². The largest absolute Gasteiger partial charge is 0.339 e. The number of nitrogens with one attached hydrogen (secondary N) is 1. The van der Waals surface area contributed by atoms with E-state index in [9.17, 15) is 9.59 Å². The number of carbonyl (C=O) groups is 2. The van der Waals surface area contributed by atoms with Crippen LogP contribution >= 0.6 is 11.6 Å². The molecule has 1 atom stereocenters. The van der Waals surface area contributed by atoms with Crippen molar-refractivity contribution in [3.63, 3.8) is 0 Å². The second-order valence-corrected chi connectivity index (χ2v) is 5.88. The molecule has 1 heterocycles. The molecule has 1 N–H and O–H groups in total. The van der Waals surface area contributed by atoms with E-state index in [1.807, 2.05) is 11.0 Å². The summed E-state index contributed by atoms with van der Waals surface area (Å²) in [6, 6.07) is 7.06. The lowest BCUT2D eigenvalue weighted by Gasteiger charge is -2.15. The van der Waals surface area contributed by atoms with Crippen LogP contribution in [-0.4, -0.2) is 29.3 Å². The topological polar surface area (TPSA) is 73.2 Å². The molecule has 2 aliphatic rings. The number of carbonyl (C=O) groups excluding carboxylic acids is 2. The van der Waals surface area contributed by atoms with Crippen LogP contribution in [0, 0.1) is 17.2 Å². The Hall–Kier alpha value is -2.06. The molecule has 0 unspecified atom stereocenters. The minimum Gasteiger partial charge on any atom is -0.339 e. The van der Waals surface area contributed by atoms with E-state index >= 15 is 0 Å². The van der Waals surface area contributed by atoms with Crippen LogP contribution < -0.4 is 5.32 Å². The zero-order valence-electron chi connectivity index (χ0n) is 11.3. The Balaban J connectivity index is 1.65. The van der Waals surface area contributed by atoms with Crippen molar-refractivity contribution < 1.29 is 9.59 Å². The first-order valence-electron chi connectivity index (χ1n) is 6.88. The number of halogens is 1. The molecule has 6 heteroatoms. The summed E-state index contributed by atoms with van der Waals surface area (Å²) in [6.07, 6.45) is 2.36. The molecule has 0 bridgehead atoms. The normalized spacial score (nSPS) is 21.2. The number of anilines is 1. The molecule has 1 saturated heterocycles. The molecule has 0 aromatic heterocycles. The fourth-order valence-corrected chi connectivity index (χ4v) is 2.80. The highest BCUT2D eigenvalue weighted by Gasteiger charge is 2.41. The Morgan fingerprint density at radius 1 is 1.43 bits per heavy atom. The van der Waals surface area contributed by atoms with Gasteiger partial charge >= 0.3 is 0 Å². The molecule has 0 spiro atoms. The standard InChI is InChI=1S/C15H14ClN3O2/c16-13-6-11(2-1-9(13)7-17)18-15(21)10-5-14(20)19(8-10)12-3-4-12/h1-2,6,10,12H,3-5,8H2,(H,18,21)/t10-/m1/s1. The van der Waals surface area contributed by atoms with Gasteiger partial charge in [0, 0.05) is 24.7 Å². The van der Waals surface area contributed by atoms with E-state index < -0.39 is 0 Å². The maximum atomic E-state index is 12.2. The molecule has 21 heavy (non-hydrogen) atoms. The molecule has 2 amide bonds. The van der Waals surface area contributed by atoms with E-state index in [4.69, 9.17) is 16.9 Å². The summed E-state index contributed by atoms with van der Waals surface area (Å²) in [6.45, 7) is 0.499. The summed E-state index contributed by atoms with van der Waals surface area (Å²) in [7, 11) is 0. The molecule has 108 valence electrons. The number of hydrogen-bond donors (Lipinski definition) is 1. The van der Waals surface area contributed by atoms with Gasteiger partial charge in [-0.05, 0) is 31.0 Å². The molecule has 1 saturated carbocycles. The first-order valence-corrected chi connectivity index (χ1v) is 7.26. The fraction of sp³-hybridized carbons (Fsp3) is 0.400. The lowest BCUT2D eigenvalue weighted by molar-refractivity contribution is -0.128. The molecular formula is C15H14ClN3O2. The van der Waals surface area contributed by atoms with E-state index in [0.29, 0.717) is 28.9 Å². The Bertz CT molecular complexity index is 649. The summed E-state index contributed by atoms with van der Waals surface area (Å²) in [5.74, 6) is -0.421. The molecule has 0 radical (unpaired) electrons. The SMILES string of the molecule is N#Cc1ccc(NC(=O)[C@@H]2CC(=O)N(C3CC3)C2)cc1Cl. The predicted octanol–water partition coefficient (Wildman–Crippen LogP) is 2.16. The zero-order chi connectivity index (χ0) is 15.0. The number of amides is 2. The van der Waals surface area contributed by atoms with E-state index in [2.05, 4.69) is 5.32 Å². The van der Waals surface area contributed by atoms with Crippen LogP contribution in [0.1, 0.15) is 24.8 Å². The minimum absolute atomic E-state index is 0.0653. The molecule has 2 fully saturated rings. The molecule has 1 aliphatic heterocycles. The lowest BCUT2D eigenvalue weighted by Crippen LogP contribution is -2.29. The van der Waals surface area contributed by atoms with Gasteiger partial charge in [0.15, 0.2) is 0 Å². The minimum atomic E-state index is -0.312. The fourth-order valence-electron chi connectivity index (χ4n) is 2.57. The third kappa shape index (κ3) is 2.86. The Kier molecular flexibility index (Phi) is 3.56. The Morgan fingerprint density at radius 2 is 2.19 bits per heavy atom. The highest BCUT2D eigenvalue weighted by atomic mass is 35.5. The summed E-state index contributed by atoms with van der Waals surface area (Å²) in [5.41, 5.74) is 0.909. The Labute approximate surface area is 127 Å². The van der Waals surface area contributed by atoms with Gasteiger partial charge in [-0.3, -0.25) is 9.59 Å². The van der Waals surface area contributed by atoms with Crippen LogP contribution in [0.5, 0.6) is 0 Å². The van der Waals surface area contributed by atoms with Crippen molar-refractivity contribution in [2.45, 2.75) is 25.3 Å². The molecular weight excluding hydrogens is 290 g/mol. The van der Waals surface area contributed by atoms with Crippen LogP contribution in [0.3, 0.4) is 0 Å². The summed E-state index contributed by atoms with van der Waals surface area (Å²) >= 11 is 5.93. The molecule has 1 aromatic carbocycles. The maximum absolute atomic E-state index is 12.2.